The van der Waals surface area contributed by atoms with E-state index in [4.69, 9.17) is 0 Å². The Balaban J connectivity index is 2.14. The topological polar surface area (TPSA) is 34.9 Å². The van der Waals surface area contributed by atoms with Crippen LogP contribution < -0.4 is 0 Å². The van der Waals surface area contributed by atoms with Gasteiger partial charge < -0.3 is 0 Å². The molecule has 0 fully saturated rings. The van der Waals surface area contributed by atoms with E-state index in [0.717, 1.165) is 6.29 Å². The van der Waals surface area contributed by atoms with E-state index >= 15 is 0 Å². The normalized spacial score (nSPS) is 10.2. The summed E-state index contributed by atoms with van der Waals surface area (Å²) in [6.45, 7) is 0.699. The van der Waals surface area contributed by atoms with Crippen molar-refractivity contribution in [2.45, 2.75) is 6.54 Å². The third-order valence-corrected chi connectivity index (χ3v) is 2.77. The number of hydrogen-bond donors (Lipinski definition) is 0. The molecule has 0 atom stereocenters. The Morgan fingerprint density at radius 3 is 2.67 bits per heavy atom. The molecule has 0 aliphatic carbocycles. The number of nitrogens with zero attached hydrogens (tertiary/aromatic N) is 2. The molecule has 1 heterocycles. The molecule has 1 aromatic heterocycles. The zero-order chi connectivity index (χ0) is 10.7. The lowest BCUT2D eigenvalue weighted by Gasteiger charge is -2.01. The lowest BCUT2D eigenvalue weighted by Crippen LogP contribution is -1.99. The van der Waals surface area contributed by atoms with Gasteiger partial charge in [-0.3, -0.25) is 9.48 Å². The molecule has 3 nitrogen and oxygen atoms in total. The summed E-state index contributed by atoms with van der Waals surface area (Å²) in [7, 11) is 0. The fourth-order valence-corrected chi connectivity index (χ4v) is 1.66. The van der Waals surface area contributed by atoms with E-state index in [1.807, 2.05) is 0 Å². The number of carbonyl (C=O) groups excluding carboxylic acids is 1. The Morgan fingerprint density at radius 1 is 1.33 bits per heavy atom. The standard InChI is InChI=1S/C11H9IN2O/c12-11-3-1-9(2-4-11)6-14-7-10(8-15)5-13-14/h1-5,7-8H,6H2. The maximum absolute atomic E-state index is 10.5. The minimum Gasteiger partial charge on any atom is -0.298 e. The second-order valence-electron chi connectivity index (χ2n) is 3.22. The number of rotatable bonds is 3. The summed E-state index contributed by atoms with van der Waals surface area (Å²) in [6.07, 6.45) is 4.11. The molecule has 2 aromatic rings. The van der Waals surface area contributed by atoms with Crippen LogP contribution in [0.1, 0.15) is 15.9 Å². The molecule has 4 heteroatoms. The first-order valence-electron chi connectivity index (χ1n) is 4.50. The molecular weight excluding hydrogens is 303 g/mol. The molecule has 0 saturated carbocycles. The Kier molecular flexibility index (Phi) is 3.15. The number of aromatic nitrogens is 2. The molecule has 0 aliphatic rings. The van der Waals surface area contributed by atoms with Crippen molar-refractivity contribution in [1.29, 1.82) is 0 Å². The molecular formula is C11H9IN2O. The molecule has 0 radical (unpaired) electrons. The largest absolute Gasteiger partial charge is 0.298 e. The molecule has 0 aliphatic heterocycles. The predicted octanol–water partition coefficient (Wildman–Crippen LogP) is 2.35. The highest BCUT2D eigenvalue weighted by Gasteiger charge is 1.98. The second kappa shape index (κ2) is 4.57. The SMILES string of the molecule is O=Cc1cnn(Cc2ccc(I)cc2)c1. The van der Waals surface area contributed by atoms with Gasteiger partial charge in [0.15, 0.2) is 6.29 Å². The lowest BCUT2D eigenvalue weighted by atomic mass is 10.2. The van der Waals surface area contributed by atoms with E-state index in [1.54, 1.807) is 17.1 Å². The summed E-state index contributed by atoms with van der Waals surface area (Å²) in [4.78, 5) is 10.5. The number of aldehydes is 1. The van der Waals surface area contributed by atoms with Crippen molar-refractivity contribution in [2.24, 2.45) is 0 Å². The molecule has 0 amide bonds. The third-order valence-electron chi connectivity index (χ3n) is 2.05. The summed E-state index contributed by atoms with van der Waals surface area (Å²) in [5, 5.41) is 4.09. The summed E-state index contributed by atoms with van der Waals surface area (Å²) in [5.74, 6) is 0. The van der Waals surface area contributed by atoms with Gasteiger partial charge in [-0.1, -0.05) is 12.1 Å². The maximum Gasteiger partial charge on any atom is 0.153 e. The van der Waals surface area contributed by atoms with Crippen LogP contribution in [0, 0.1) is 3.57 Å². The first kappa shape index (κ1) is 10.4. The van der Waals surface area contributed by atoms with Crippen molar-refractivity contribution in [2.75, 3.05) is 0 Å². The van der Waals surface area contributed by atoms with E-state index in [2.05, 4.69) is 52.0 Å². The van der Waals surface area contributed by atoms with Crippen LogP contribution >= 0.6 is 22.6 Å². The number of carbonyl (C=O) groups is 1. The Labute approximate surface area is 101 Å². The molecule has 76 valence electrons. The Hall–Kier alpha value is -1.17. The van der Waals surface area contributed by atoms with Gasteiger partial charge in [-0.05, 0) is 40.3 Å². The molecule has 0 saturated heterocycles. The van der Waals surface area contributed by atoms with Gasteiger partial charge in [-0.15, -0.1) is 0 Å². The monoisotopic (exact) mass is 312 g/mol. The summed E-state index contributed by atoms with van der Waals surface area (Å²) >= 11 is 2.27. The van der Waals surface area contributed by atoms with Crippen LogP contribution in [-0.4, -0.2) is 16.1 Å². The van der Waals surface area contributed by atoms with Gasteiger partial charge in [-0.25, -0.2) is 0 Å². The zero-order valence-corrected chi connectivity index (χ0v) is 10.1. The third kappa shape index (κ3) is 2.65. The van der Waals surface area contributed by atoms with Crippen LogP contribution in [0.3, 0.4) is 0 Å². The van der Waals surface area contributed by atoms with E-state index < -0.39 is 0 Å². The van der Waals surface area contributed by atoms with Crippen LogP contribution in [0.25, 0.3) is 0 Å². The minimum absolute atomic E-state index is 0.612. The lowest BCUT2D eigenvalue weighted by molar-refractivity contribution is 0.112. The Bertz CT molecular complexity index is 462. The average Bonchev–Trinajstić information content (AvgIpc) is 2.69. The first-order valence-corrected chi connectivity index (χ1v) is 5.58. The van der Waals surface area contributed by atoms with Crippen molar-refractivity contribution in [3.05, 3.63) is 51.4 Å². The van der Waals surface area contributed by atoms with E-state index in [-0.39, 0.29) is 0 Å². The van der Waals surface area contributed by atoms with Gasteiger partial charge in [0.05, 0.1) is 18.3 Å². The van der Waals surface area contributed by atoms with E-state index in [0.29, 0.717) is 12.1 Å². The van der Waals surface area contributed by atoms with Gasteiger partial charge in [0, 0.05) is 9.77 Å². The number of halogens is 1. The van der Waals surface area contributed by atoms with Crippen LogP contribution in [0.15, 0.2) is 36.7 Å². The predicted molar refractivity (Wildman–Crippen MR) is 65.9 cm³/mol. The fourth-order valence-electron chi connectivity index (χ4n) is 1.30. The number of hydrogen-bond acceptors (Lipinski definition) is 2. The van der Waals surface area contributed by atoms with Gasteiger partial charge in [0.25, 0.3) is 0 Å². The first-order chi connectivity index (χ1) is 7.28. The molecule has 2 rings (SSSR count). The second-order valence-corrected chi connectivity index (χ2v) is 4.46. The van der Waals surface area contributed by atoms with Crippen LogP contribution in [-0.2, 0) is 6.54 Å². The van der Waals surface area contributed by atoms with Gasteiger partial charge >= 0.3 is 0 Å². The Morgan fingerprint density at radius 2 is 2.07 bits per heavy atom. The van der Waals surface area contributed by atoms with Crippen LogP contribution in [0.2, 0.25) is 0 Å². The molecule has 0 spiro atoms. The quantitative estimate of drug-likeness (QED) is 0.644. The van der Waals surface area contributed by atoms with Crippen molar-refractivity contribution >= 4 is 28.9 Å². The van der Waals surface area contributed by atoms with Crippen molar-refractivity contribution in [3.8, 4) is 0 Å². The molecule has 15 heavy (non-hydrogen) atoms. The zero-order valence-electron chi connectivity index (χ0n) is 7.93. The summed E-state index contributed by atoms with van der Waals surface area (Å²) in [5.41, 5.74) is 1.79. The highest BCUT2D eigenvalue weighted by atomic mass is 127. The van der Waals surface area contributed by atoms with Crippen molar-refractivity contribution in [1.82, 2.24) is 9.78 Å². The molecule has 0 unspecified atom stereocenters. The van der Waals surface area contributed by atoms with Crippen LogP contribution in [0.5, 0.6) is 0 Å². The highest BCUT2D eigenvalue weighted by molar-refractivity contribution is 14.1. The van der Waals surface area contributed by atoms with E-state index in [1.165, 1.54) is 9.13 Å². The summed E-state index contributed by atoms with van der Waals surface area (Å²) < 4.78 is 2.97. The van der Waals surface area contributed by atoms with Gasteiger partial charge in [0.2, 0.25) is 0 Å². The highest BCUT2D eigenvalue weighted by Crippen LogP contribution is 2.08. The van der Waals surface area contributed by atoms with Crippen molar-refractivity contribution in [3.63, 3.8) is 0 Å². The van der Waals surface area contributed by atoms with Gasteiger partial charge in [0.1, 0.15) is 0 Å². The smallest absolute Gasteiger partial charge is 0.153 e. The molecule has 0 bridgehead atoms. The molecule has 0 N–H and O–H groups in total. The summed E-state index contributed by atoms with van der Waals surface area (Å²) in [6, 6.07) is 8.23. The van der Waals surface area contributed by atoms with Gasteiger partial charge in [-0.2, -0.15) is 5.10 Å². The minimum atomic E-state index is 0.612. The van der Waals surface area contributed by atoms with E-state index in [9.17, 15) is 4.79 Å². The molecule has 1 aromatic carbocycles. The van der Waals surface area contributed by atoms with Crippen LogP contribution in [0.4, 0.5) is 0 Å². The number of benzene rings is 1. The fraction of sp³-hybridized carbons (Fsp3) is 0.0909. The average molecular weight is 312 g/mol. The van der Waals surface area contributed by atoms with Crippen molar-refractivity contribution < 1.29 is 4.79 Å². The maximum atomic E-state index is 10.5.